The first-order valence-electron chi connectivity index (χ1n) is 5.50. The summed E-state index contributed by atoms with van der Waals surface area (Å²) in [5.41, 5.74) is 1.76. The molecule has 4 heteroatoms. The molecule has 0 aromatic heterocycles. The molecule has 17 heavy (non-hydrogen) atoms. The highest BCUT2D eigenvalue weighted by atomic mass is 79.9. The van der Waals surface area contributed by atoms with Gasteiger partial charge in [0.15, 0.2) is 0 Å². The van der Waals surface area contributed by atoms with Crippen molar-refractivity contribution < 1.29 is 9.53 Å². The number of carbonyl (C=O) groups excluding carboxylic acids is 1. The summed E-state index contributed by atoms with van der Waals surface area (Å²) in [6, 6.07) is 7.62. The summed E-state index contributed by atoms with van der Waals surface area (Å²) in [4.78, 5) is 14.0. The molecule has 0 spiro atoms. The maximum absolute atomic E-state index is 12.2. The molecule has 1 amide bonds. The second-order valence-corrected chi connectivity index (χ2v) is 5.35. The Bertz CT molecular complexity index is 381. The summed E-state index contributed by atoms with van der Waals surface area (Å²) < 4.78 is 5.03. The Morgan fingerprint density at radius 3 is 2.71 bits per heavy atom. The fourth-order valence-corrected chi connectivity index (χ4v) is 2.33. The van der Waals surface area contributed by atoms with Gasteiger partial charge in [0, 0.05) is 26.3 Å². The van der Waals surface area contributed by atoms with Crippen LogP contribution in [0.1, 0.15) is 15.9 Å². The number of amides is 1. The molecule has 0 bridgehead atoms. The third kappa shape index (κ3) is 4.13. The monoisotopic (exact) mass is 299 g/mol. The second kappa shape index (κ2) is 6.77. The van der Waals surface area contributed by atoms with Gasteiger partial charge in [-0.2, -0.15) is 0 Å². The lowest BCUT2D eigenvalue weighted by Gasteiger charge is -2.21. The van der Waals surface area contributed by atoms with E-state index in [1.807, 2.05) is 31.2 Å². The minimum absolute atomic E-state index is 0.0450. The van der Waals surface area contributed by atoms with Crippen LogP contribution in [-0.4, -0.2) is 42.9 Å². The van der Waals surface area contributed by atoms with Crippen molar-refractivity contribution in [3.05, 3.63) is 35.4 Å². The molecule has 94 valence electrons. The van der Waals surface area contributed by atoms with E-state index >= 15 is 0 Å². The van der Waals surface area contributed by atoms with Crippen LogP contribution in [0.3, 0.4) is 0 Å². The first-order valence-corrected chi connectivity index (χ1v) is 6.42. The first-order chi connectivity index (χ1) is 8.06. The summed E-state index contributed by atoms with van der Waals surface area (Å²) >= 11 is 3.48. The van der Waals surface area contributed by atoms with Crippen LogP contribution in [-0.2, 0) is 4.74 Å². The fourth-order valence-electron chi connectivity index (χ4n) is 1.63. The van der Waals surface area contributed by atoms with Crippen LogP contribution in [0.2, 0.25) is 0 Å². The number of benzene rings is 1. The molecule has 0 saturated carbocycles. The molecule has 0 aliphatic rings. The van der Waals surface area contributed by atoms with Gasteiger partial charge in [0.1, 0.15) is 0 Å². The number of hydrogen-bond donors (Lipinski definition) is 0. The van der Waals surface area contributed by atoms with Crippen molar-refractivity contribution in [3.63, 3.8) is 0 Å². The van der Waals surface area contributed by atoms with Crippen LogP contribution >= 0.6 is 15.9 Å². The van der Waals surface area contributed by atoms with E-state index in [9.17, 15) is 4.79 Å². The average molecular weight is 300 g/mol. The van der Waals surface area contributed by atoms with Crippen LogP contribution in [0.25, 0.3) is 0 Å². The van der Waals surface area contributed by atoms with Crippen molar-refractivity contribution in [1.29, 1.82) is 0 Å². The zero-order valence-electron chi connectivity index (χ0n) is 10.4. The van der Waals surface area contributed by atoms with Crippen LogP contribution in [0.4, 0.5) is 0 Å². The molecule has 0 fully saturated rings. The van der Waals surface area contributed by atoms with Gasteiger partial charge in [0.2, 0.25) is 0 Å². The lowest BCUT2D eigenvalue weighted by atomic mass is 10.1. The maximum atomic E-state index is 12.2. The molecular weight excluding hydrogens is 282 g/mol. The summed E-state index contributed by atoms with van der Waals surface area (Å²) in [6.45, 7) is 3.16. The van der Waals surface area contributed by atoms with E-state index in [4.69, 9.17) is 4.74 Å². The highest BCUT2D eigenvalue weighted by molar-refractivity contribution is 9.09. The van der Waals surface area contributed by atoms with Crippen molar-refractivity contribution >= 4 is 21.8 Å². The smallest absolute Gasteiger partial charge is 0.253 e. The molecular formula is C13H18BrNO2. The second-order valence-electron chi connectivity index (χ2n) is 4.05. The number of hydrogen-bond acceptors (Lipinski definition) is 2. The lowest BCUT2D eigenvalue weighted by molar-refractivity contribution is 0.0783. The molecule has 1 atom stereocenters. The molecule has 0 N–H and O–H groups in total. The Morgan fingerprint density at radius 1 is 1.47 bits per heavy atom. The number of carbonyl (C=O) groups is 1. The quantitative estimate of drug-likeness (QED) is 0.782. The number of methoxy groups -OCH3 is 1. The van der Waals surface area contributed by atoms with E-state index in [2.05, 4.69) is 15.9 Å². The minimum atomic E-state index is 0.0450. The van der Waals surface area contributed by atoms with Crippen LogP contribution in [0.5, 0.6) is 0 Å². The first kappa shape index (κ1) is 14.2. The van der Waals surface area contributed by atoms with Crippen LogP contribution in [0.15, 0.2) is 24.3 Å². The van der Waals surface area contributed by atoms with Gasteiger partial charge in [-0.15, -0.1) is 0 Å². The molecule has 1 rings (SSSR count). The van der Waals surface area contributed by atoms with Gasteiger partial charge in [0.25, 0.3) is 5.91 Å². The molecule has 0 aliphatic carbocycles. The molecule has 3 nitrogen and oxygen atoms in total. The van der Waals surface area contributed by atoms with Gasteiger partial charge in [-0.05, 0) is 18.6 Å². The van der Waals surface area contributed by atoms with Crippen LogP contribution < -0.4 is 0 Å². The number of halogens is 1. The lowest BCUT2D eigenvalue weighted by Crippen LogP contribution is -2.34. The van der Waals surface area contributed by atoms with Crippen molar-refractivity contribution in [2.45, 2.75) is 11.8 Å². The predicted octanol–water partition coefficient (Wildman–Crippen LogP) is 2.48. The van der Waals surface area contributed by atoms with Gasteiger partial charge < -0.3 is 9.64 Å². The molecule has 0 radical (unpaired) electrons. The van der Waals surface area contributed by atoms with Gasteiger partial charge in [0.05, 0.1) is 11.4 Å². The molecule has 1 aromatic rings. The largest absolute Gasteiger partial charge is 0.383 e. The summed E-state index contributed by atoms with van der Waals surface area (Å²) in [7, 11) is 3.45. The number of nitrogens with zero attached hydrogens (tertiary/aromatic N) is 1. The third-order valence-electron chi connectivity index (χ3n) is 2.54. The molecule has 0 aliphatic heterocycles. The molecule has 0 saturated heterocycles. The Hall–Kier alpha value is -0.870. The number of alkyl halides is 1. The summed E-state index contributed by atoms with van der Waals surface area (Å²) in [5.74, 6) is 0.0450. The zero-order chi connectivity index (χ0) is 12.8. The summed E-state index contributed by atoms with van der Waals surface area (Å²) in [6.07, 6.45) is 0. The predicted molar refractivity (Wildman–Crippen MR) is 72.7 cm³/mol. The number of aryl methyl sites for hydroxylation is 1. The highest BCUT2D eigenvalue weighted by Crippen LogP contribution is 2.11. The normalized spacial score (nSPS) is 12.2. The van der Waals surface area contributed by atoms with Crippen LogP contribution in [0, 0.1) is 6.92 Å². The molecule has 0 heterocycles. The third-order valence-corrected chi connectivity index (χ3v) is 3.10. The Balaban J connectivity index is 2.67. The topological polar surface area (TPSA) is 29.5 Å². The minimum Gasteiger partial charge on any atom is -0.383 e. The highest BCUT2D eigenvalue weighted by Gasteiger charge is 2.16. The Morgan fingerprint density at radius 2 is 2.12 bits per heavy atom. The van der Waals surface area contributed by atoms with E-state index in [1.54, 1.807) is 19.1 Å². The van der Waals surface area contributed by atoms with E-state index in [1.165, 1.54) is 0 Å². The van der Waals surface area contributed by atoms with Crippen molar-refractivity contribution in [1.82, 2.24) is 4.90 Å². The molecule has 1 aromatic carbocycles. The standard InChI is InChI=1S/C13H18BrNO2/c1-10-6-4-5-7-12(10)13(16)15(2)8-11(14)9-17-3/h4-7,11H,8-9H2,1-3H3. The van der Waals surface area contributed by atoms with Gasteiger partial charge in [-0.25, -0.2) is 0 Å². The van der Waals surface area contributed by atoms with E-state index < -0.39 is 0 Å². The van der Waals surface area contributed by atoms with E-state index in [-0.39, 0.29) is 10.7 Å². The zero-order valence-corrected chi connectivity index (χ0v) is 12.0. The number of rotatable bonds is 5. The SMILES string of the molecule is COCC(Br)CN(C)C(=O)c1ccccc1C. The van der Waals surface area contributed by atoms with E-state index in [0.29, 0.717) is 13.2 Å². The van der Waals surface area contributed by atoms with Gasteiger partial charge >= 0.3 is 0 Å². The van der Waals surface area contributed by atoms with Crippen molar-refractivity contribution in [3.8, 4) is 0 Å². The Kier molecular flexibility index (Phi) is 5.65. The summed E-state index contributed by atoms with van der Waals surface area (Å²) in [5, 5.41) is 0. The molecule has 1 unspecified atom stereocenters. The van der Waals surface area contributed by atoms with Gasteiger partial charge in [-0.3, -0.25) is 4.79 Å². The van der Waals surface area contributed by atoms with Crippen molar-refractivity contribution in [2.75, 3.05) is 27.3 Å². The fraction of sp³-hybridized carbons (Fsp3) is 0.462. The Labute approximate surface area is 111 Å². The van der Waals surface area contributed by atoms with Crippen molar-refractivity contribution in [2.24, 2.45) is 0 Å². The maximum Gasteiger partial charge on any atom is 0.253 e. The average Bonchev–Trinajstić information content (AvgIpc) is 2.29. The van der Waals surface area contributed by atoms with E-state index in [0.717, 1.165) is 11.1 Å². The van der Waals surface area contributed by atoms with Gasteiger partial charge in [-0.1, -0.05) is 34.1 Å². The number of ether oxygens (including phenoxy) is 1.